The van der Waals surface area contributed by atoms with Crippen molar-refractivity contribution in [3.8, 4) is 0 Å². The van der Waals surface area contributed by atoms with Crippen molar-refractivity contribution >= 4 is 29.6 Å². The van der Waals surface area contributed by atoms with E-state index in [4.69, 9.17) is 4.74 Å². The van der Waals surface area contributed by atoms with Crippen LogP contribution in [0.1, 0.15) is 13.8 Å². The van der Waals surface area contributed by atoms with Gasteiger partial charge in [0.05, 0.1) is 13.2 Å². The summed E-state index contributed by atoms with van der Waals surface area (Å²) in [6.07, 6.45) is -1.06. The Morgan fingerprint density at radius 1 is 1.53 bits per heavy atom. The van der Waals surface area contributed by atoms with Gasteiger partial charge in [0.25, 0.3) is 0 Å². The molecular formula is C10H15NO5S. The van der Waals surface area contributed by atoms with Crippen LogP contribution in [0.15, 0.2) is 0 Å². The Morgan fingerprint density at radius 3 is 2.65 bits per heavy atom. The van der Waals surface area contributed by atoms with Gasteiger partial charge in [0.15, 0.2) is 0 Å². The minimum absolute atomic E-state index is 0.316. The summed E-state index contributed by atoms with van der Waals surface area (Å²) in [5.74, 6) is -0.782. The number of nitrogens with one attached hydrogen (secondary N) is 1. The van der Waals surface area contributed by atoms with Crippen molar-refractivity contribution in [3.05, 3.63) is 0 Å². The summed E-state index contributed by atoms with van der Waals surface area (Å²) in [6.45, 7) is 3.21. The number of cyclic esters (lactones) is 1. The quantitative estimate of drug-likeness (QED) is 0.700. The molecule has 0 radical (unpaired) electrons. The molecular weight excluding hydrogens is 246 g/mol. The summed E-state index contributed by atoms with van der Waals surface area (Å²) in [5.41, 5.74) is 0. The number of ether oxygens (including phenoxy) is 2. The molecule has 0 bridgehead atoms. The third-order valence-electron chi connectivity index (χ3n) is 2.28. The zero-order valence-electron chi connectivity index (χ0n) is 9.89. The van der Waals surface area contributed by atoms with Crippen molar-refractivity contribution in [1.82, 2.24) is 5.32 Å². The Labute approximate surface area is 103 Å². The van der Waals surface area contributed by atoms with Crippen LogP contribution in [0.3, 0.4) is 0 Å². The van der Waals surface area contributed by atoms with Crippen molar-refractivity contribution in [3.63, 3.8) is 0 Å². The normalized spacial score (nSPS) is 27.5. The topological polar surface area (TPSA) is 81.7 Å². The number of carbonyl (C=O) groups is 3. The van der Waals surface area contributed by atoms with Crippen LogP contribution in [0, 0.1) is 0 Å². The first-order valence-electron chi connectivity index (χ1n) is 5.18. The van der Waals surface area contributed by atoms with Crippen LogP contribution >= 0.6 is 11.8 Å². The number of carbonyl (C=O) groups excluding carboxylic acids is 3. The lowest BCUT2D eigenvalue weighted by atomic mass is 10.1. The molecule has 96 valence electrons. The first kappa shape index (κ1) is 13.8. The lowest BCUT2D eigenvalue weighted by Crippen LogP contribution is -2.48. The smallest absolute Gasteiger partial charge is 0.349 e. The third kappa shape index (κ3) is 3.12. The molecule has 1 N–H and O–H groups in total. The maximum absolute atomic E-state index is 11.6. The second-order valence-corrected chi connectivity index (χ2v) is 4.90. The van der Waals surface area contributed by atoms with E-state index in [1.807, 2.05) is 6.92 Å². The molecule has 1 rings (SSSR count). The maximum Gasteiger partial charge on any atom is 0.349 e. The SMILES string of the molecule is CCS[C@H]1C(=O)O[C@H](C(=O)OC)[C@@H]1NC(C)=O. The van der Waals surface area contributed by atoms with Crippen LogP contribution in [0.2, 0.25) is 0 Å². The highest BCUT2D eigenvalue weighted by atomic mass is 32.2. The molecule has 17 heavy (non-hydrogen) atoms. The second-order valence-electron chi connectivity index (χ2n) is 3.48. The van der Waals surface area contributed by atoms with Crippen LogP contribution in [0.25, 0.3) is 0 Å². The second kappa shape index (κ2) is 5.90. The average molecular weight is 261 g/mol. The Bertz CT molecular complexity index is 333. The van der Waals surface area contributed by atoms with Gasteiger partial charge < -0.3 is 14.8 Å². The van der Waals surface area contributed by atoms with Crippen molar-refractivity contribution < 1.29 is 23.9 Å². The molecule has 3 atom stereocenters. The number of esters is 2. The lowest BCUT2D eigenvalue weighted by Gasteiger charge is -2.19. The molecule has 0 aromatic heterocycles. The van der Waals surface area contributed by atoms with E-state index in [1.54, 1.807) is 0 Å². The predicted octanol–water partition coefficient (Wildman–Crippen LogP) is -0.289. The first-order valence-corrected chi connectivity index (χ1v) is 6.23. The van der Waals surface area contributed by atoms with E-state index in [0.717, 1.165) is 0 Å². The molecule has 0 aromatic carbocycles. The molecule has 1 amide bonds. The highest BCUT2D eigenvalue weighted by Crippen LogP contribution is 2.27. The standard InChI is InChI=1S/C10H15NO5S/c1-4-17-8-6(11-5(2)12)7(9(13)15-3)16-10(8)14/h6-8H,4H2,1-3H3,(H,11,12)/t6-,7-,8+/m0/s1. The van der Waals surface area contributed by atoms with Gasteiger partial charge in [-0.15, -0.1) is 11.8 Å². The van der Waals surface area contributed by atoms with E-state index in [0.29, 0.717) is 5.75 Å². The molecule has 0 saturated carbocycles. The van der Waals surface area contributed by atoms with Crippen molar-refractivity contribution in [2.24, 2.45) is 0 Å². The fraction of sp³-hybridized carbons (Fsp3) is 0.700. The molecule has 1 aliphatic heterocycles. The number of thioether (sulfide) groups is 1. The predicted molar refractivity (Wildman–Crippen MR) is 61.4 cm³/mol. The summed E-state index contributed by atoms with van der Waals surface area (Å²) in [4.78, 5) is 34.1. The Balaban J connectivity index is 2.87. The van der Waals surface area contributed by atoms with Gasteiger partial charge >= 0.3 is 11.9 Å². The van der Waals surface area contributed by atoms with Gasteiger partial charge in [0, 0.05) is 6.92 Å². The highest BCUT2D eigenvalue weighted by Gasteiger charge is 2.49. The van der Waals surface area contributed by atoms with Gasteiger partial charge in [0.2, 0.25) is 12.0 Å². The van der Waals surface area contributed by atoms with Crippen LogP contribution in [0.5, 0.6) is 0 Å². The number of rotatable bonds is 4. The fourth-order valence-corrected chi connectivity index (χ4v) is 2.59. The summed E-state index contributed by atoms with van der Waals surface area (Å²) in [7, 11) is 1.21. The molecule has 0 unspecified atom stereocenters. The number of amides is 1. The lowest BCUT2D eigenvalue weighted by molar-refractivity contribution is -0.160. The summed E-state index contributed by atoms with van der Waals surface area (Å²) in [6, 6.07) is -0.669. The van der Waals surface area contributed by atoms with E-state index < -0.39 is 29.3 Å². The Morgan fingerprint density at radius 2 is 2.18 bits per heavy atom. The number of hydrogen-bond acceptors (Lipinski definition) is 6. The Kier molecular flexibility index (Phi) is 4.80. The van der Waals surface area contributed by atoms with Gasteiger partial charge in [0.1, 0.15) is 5.25 Å². The van der Waals surface area contributed by atoms with Crippen LogP contribution in [-0.2, 0) is 23.9 Å². The summed E-state index contributed by atoms with van der Waals surface area (Å²) >= 11 is 1.33. The molecule has 1 aliphatic rings. The maximum atomic E-state index is 11.6. The van der Waals surface area contributed by atoms with Crippen molar-refractivity contribution in [2.45, 2.75) is 31.2 Å². The van der Waals surface area contributed by atoms with Crippen molar-refractivity contribution in [2.75, 3.05) is 12.9 Å². The van der Waals surface area contributed by atoms with Crippen molar-refractivity contribution in [1.29, 1.82) is 0 Å². The monoisotopic (exact) mass is 261 g/mol. The largest absolute Gasteiger partial charge is 0.466 e. The number of hydrogen-bond donors (Lipinski definition) is 1. The zero-order chi connectivity index (χ0) is 13.0. The van der Waals surface area contributed by atoms with Crippen LogP contribution in [-0.4, -0.2) is 48.1 Å². The Hall–Kier alpha value is -1.24. The van der Waals surface area contributed by atoms with E-state index in [2.05, 4.69) is 10.1 Å². The minimum Gasteiger partial charge on any atom is -0.466 e. The van der Waals surface area contributed by atoms with Gasteiger partial charge in [-0.25, -0.2) is 4.79 Å². The fourth-order valence-electron chi connectivity index (χ4n) is 1.62. The van der Waals surface area contributed by atoms with E-state index in [9.17, 15) is 14.4 Å². The molecule has 7 heteroatoms. The molecule has 1 saturated heterocycles. The molecule has 0 aromatic rings. The van der Waals surface area contributed by atoms with E-state index in [-0.39, 0.29) is 5.91 Å². The molecule has 6 nitrogen and oxygen atoms in total. The van der Waals surface area contributed by atoms with Gasteiger partial charge in [-0.2, -0.15) is 0 Å². The third-order valence-corrected chi connectivity index (χ3v) is 3.46. The summed E-state index contributed by atoms with van der Waals surface area (Å²) < 4.78 is 9.49. The first-order chi connectivity index (χ1) is 8.01. The summed E-state index contributed by atoms with van der Waals surface area (Å²) in [5, 5.41) is 2.00. The molecule has 1 heterocycles. The van der Waals surface area contributed by atoms with E-state index in [1.165, 1.54) is 25.8 Å². The van der Waals surface area contributed by atoms with Crippen LogP contribution < -0.4 is 5.32 Å². The van der Waals surface area contributed by atoms with E-state index >= 15 is 0 Å². The van der Waals surface area contributed by atoms with Crippen LogP contribution in [0.4, 0.5) is 0 Å². The molecule has 0 spiro atoms. The van der Waals surface area contributed by atoms with Gasteiger partial charge in [-0.05, 0) is 5.75 Å². The minimum atomic E-state index is -1.06. The average Bonchev–Trinajstić information content (AvgIpc) is 2.56. The zero-order valence-corrected chi connectivity index (χ0v) is 10.7. The molecule has 1 fully saturated rings. The van der Waals surface area contributed by atoms with Gasteiger partial charge in [-0.3, -0.25) is 9.59 Å². The number of methoxy groups -OCH3 is 1. The molecule has 0 aliphatic carbocycles. The van der Waals surface area contributed by atoms with Gasteiger partial charge in [-0.1, -0.05) is 6.92 Å². The highest BCUT2D eigenvalue weighted by molar-refractivity contribution is 8.00.